The topological polar surface area (TPSA) is 54.0 Å². The van der Waals surface area contributed by atoms with Gasteiger partial charge in [0.15, 0.2) is 0 Å². The van der Waals surface area contributed by atoms with E-state index in [1.165, 1.54) is 12.8 Å². The molecule has 104 valence electrons. The second-order valence-electron chi connectivity index (χ2n) is 5.39. The Morgan fingerprint density at radius 2 is 2.32 bits per heavy atom. The smallest absolute Gasteiger partial charge is 0.253 e. The van der Waals surface area contributed by atoms with Gasteiger partial charge in [-0.25, -0.2) is 0 Å². The van der Waals surface area contributed by atoms with Crippen molar-refractivity contribution in [3.63, 3.8) is 0 Å². The summed E-state index contributed by atoms with van der Waals surface area (Å²) in [6.45, 7) is 5.05. The number of nitrogens with one attached hydrogen (secondary N) is 2. The number of pyridine rings is 1. The van der Waals surface area contributed by atoms with Gasteiger partial charge in [0.05, 0.1) is 17.4 Å². The quantitative estimate of drug-likeness (QED) is 0.876. The van der Waals surface area contributed by atoms with Gasteiger partial charge in [-0.15, -0.1) is 0 Å². The van der Waals surface area contributed by atoms with Crippen molar-refractivity contribution in [3.8, 4) is 0 Å². The van der Waals surface area contributed by atoms with Crippen LogP contribution in [0.15, 0.2) is 18.5 Å². The third-order valence-corrected chi connectivity index (χ3v) is 3.70. The Morgan fingerprint density at radius 3 is 3.05 bits per heavy atom. The molecule has 1 fully saturated rings. The molecule has 1 heterocycles. The summed E-state index contributed by atoms with van der Waals surface area (Å²) in [5.74, 6) is 0.724. The maximum absolute atomic E-state index is 12.3. The molecule has 2 rings (SSSR count). The van der Waals surface area contributed by atoms with Crippen molar-refractivity contribution in [2.24, 2.45) is 5.92 Å². The summed E-state index contributed by atoms with van der Waals surface area (Å²) in [4.78, 5) is 16.4. The molecule has 1 aliphatic rings. The Labute approximate surface area is 115 Å². The lowest BCUT2D eigenvalue weighted by molar-refractivity contribution is 0.0922. The van der Waals surface area contributed by atoms with Crippen LogP contribution in [0.4, 0.5) is 5.69 Å². The van der Waals surface area contributed by atoms with Crippen molar-refractivity contribution in [3.05, 3.63) is 24.0 Å². The van der Waals surface area contributed by atoms with Gasteiger partial charge >= 0.3 is 0 Å². The van der Waals surface area contributed by atoms with Crippen LogP contribution in [0.5, 0.6) is 0 Å². The van der Waals surface area contributed by atoms with Gasteiger partial charge in [0.25, 0.3) is 5.91 Å². The molecule has 0 aliphatic heterocycles. The van der Waals surface area contributed by atoms with Crippen molar-refractivity contribution in [1.82, 2.24) is 10.3 Å². The summed E-state index contributed by atoms with van der Waals surface area (Å²) >= 11 is 0. The molecule has 1 saturated carbocycles. The predicted molar refractivity (Wildman–Crippen MR) is 77.3 cm³/mol. The van der Waals surface area contributed by atoms with Crippen LogP contribution >= 0.6 is 0 Å². The predicted octanol–water partition coefficient (Wildman–Crippen LogP) is 2.82. The first kappa shape index (κ1) is 13.8. The lowest BCUT2D eigenvalue weighted by Crippen LogP contribution is -2.38. The largest absolute Gasteiger partial charge is 0.383 e. The van der Waals surface area contributed by atoms with E-state index in [1.54, 1.807) is 18.5 Å². The molecule has 0 spiro atoms. The number of hydrogen-bond donors (Lipinski definition) is 2. The number of carbonyl (C=O) groups excluding carboxylic acids is 1. The van der Waals surface area contributed by atoms with Gasteiger partial charge < -0.3 is 10.6 Å². The van der Waals surface area contributed by atoms with Crippen LogP contribution in [0.2, 0.25) is 0 Å². The van der Waals surface area contributed by atoms with Crippen LogP contribution in [-0.4, -0.2) is 23.5 Å². The van der Waals surface area contributed by atoms with E-state index in [0.29, 0.717) is 17.5 Å². The molecule has 0 bridgehead atoms. The summed E-state index contributed by atoms with van der Waals surface area (Å²) in [5.41, 5.74) is 1.50. The Morgan fingerprint density at radius 1 is 1.47 bits per heavy atom. The van der Waals surface area contributed by atoms with E-state index < -0.39 is 0 Å². The van der Waals surface area contributed by atoms with E-state index in [1.807, 2.05) is 6.92 Å². The molecule has 4 nitrogen and oxygen atoms in total. The number of anilines is 1. The summed E-state index contributed by atoms with van der Waals surface area (Å²) in [6.07, 6.45) is 8.05. The first-order valence-corrected chi connectivity index (χ1v) is 7.19. The Balaban J connectivity index is 2.03. The molecular formula is C15H23N3O. The van der Waals surface area contributed by atoms with Crippen LogP contribution in [0.25, 0.3) is 0 Å². The van der Waals surface area contributed by atoms with Gasteiger partial charge in [0, 0.05) is 18.8 Å². The molecule has 1 amide bonds. The van der Waals surface area contributed by atoms with Gasteiger partial charge in [-0.3, -0.25) is 9.78 Å². The minimum Gasteiger partial charge on any atom is -0.383 e. The average molecular weight is 261 g/mol. The van der Waals surface area contributed by atoms with E-state index in [-0.39, 0.29) is 5.91 Å². The highest BCUT2D eigenvalue weighted by Crippen LogP contribution is 2.24. The number of carbonyl (C=O) groups is 1. The molecule has 0 aromatic carbocycles. The summed E-state index contributed by atoms with van der Waals surface area (Å²) in [5, 5.41) is 6.34. The van der Waals surface area contributed by atoms with Crippen molar-refractivity contribution < 1.29 is 4.79 Å². The van der Waals surface area contributed by atoms with Crippen molar-refractivity contribution in [2.45, 2.75) is 45.6 Å². The average Bonchev–Trinajstić information content (AvgIpc) is 2.39. The fourth-order valence-electron chi connectivity index (χ4n) is 2.75. The molecule has 4 heteroatoms. The van der Waals surface area contributed by atoms with Gasteiger partial charge in [-0.2, -0.15) is 0 Å². The molecule has 1 aliphatic carbocycles. The highest BCUT2D eigenvalue weighted by Gasteiger charge is 2.21. The first-order valence-electron chi connectivity index (χ1n) is 7.19. The Bertz CT molecular complexity index is 433. The molecule has 2 N–H and O–H groups in total. The van der Waals surface area contributed by atoms with E-state index in [4.69, 9.17) is 0 Å². The zero-order valence-corrected chi connectivity index (χ0v) is 11.8. The molecule has 1 aromatic rings. The lowest BCUT2D eigenvalue weighted by atomic mass is 9.87. The van der Waals surface area contributed by atoms with E-state index in [2.05, 4.69) is 22.5 Å². The normalized spacial score (nSPS) is 22.8. The number of aromatic nitrogens is 1. The number of amides is 1. The number of hydrogen-bond acceptors (Lipinski definition) is 3. The monoisotopic (exact) mass is 261 g/mol. The minimum atomic E-state index is 0.0115. The van der Waals surface area contributed by atoms with E-state index >= 15 is 0 Å². The third kappa shape index (κ3) is 3.69. The molecule has 2 atom stereocenters. The molecule has 2 unspecified atom stereocenters. The van der Waals surface area contributed by atoms with E-state index in [0.717, 1.165) is 25.1 Å². The fraction of sp³-hybridized carbons (Fsp3) is 0.600. The molecular weight excluding hydrogens is 238 g/mol. The van der Waals surface area contributed by atoms with Crippen LogP contribution in [-0.2, 0) is 0 Å². The van der Waals surface area contributed by atoms with Gasteiger partial charge in [0.2, 0.25) is 0 Å². The SMILES string of the molecule is CCNc1cnccc1C(=O)NC1CCCC(C)C1. The van der Waals surface area contributed by atoms with E-state index in [9.17, 15) is 4.79 Å². The zero-order valence-electron chi connectivity index (χ0n) is 11.8. The first-order chi connectivity index (χ1) is 9.20. The Kier molecular flexibility index (Phi) is 4.77. The number of nitrogens with zero attached hydrogens (tertiary/aromatic N) is 1. The summed E-state index contributed by atoms with van der Waals surface area (Å²) in [6, 6.07) is 2.10. The van der Waals surface area contributed by atoms with Crippen molar-refractivity contribution in [2.75, 3.05) is 11.9 Å². The second-order valence-corrected chi connectivity index (χ2v) is 5.39. The van der Waals surface area contributed by atoms with Gasteiger partial charge in [-0.1, -0.05) is 19.8 Å². The summed E-state index contributed by atoms with van der Waals surface area (Å²) < 4.78 is 0. The number of rotatable bonds is 4. The van der Waals surface area contributed by atoms with Crippen LogP contribution in [0.3, 0.4) is 0 Å². The highest BCUT2D eigenvalue weighted by atomic mass is 16.1. The van der Waals surface area contributed by atoms with Crippen LogP contribution < -0.4 is 10.6 Å². The molecule has 1 aromatic heterocycles. The Hall–Kier alpha value is -1.58. The highest BCUT2D eigenvalue weighted by molar-refractivity contribution is 5.99. The standard InChI is InChI=1S/C15H23N3O/c1-3-17-14-10-16-8-7-13(14)15(19)18-12-6-4-5-11(2)9-12/h7-8,10-12,17H,3-6,9H2,1-2H3,(H,18,19). The van der Waals surface area contributed by atoms with Gasteiger partial charge in [0.1, 0.15) is 0 Å². The lowest BCUT2D eigenvalue weighted by Gasteiger charge is -2.27. The fourth-order valence-corrected chi connectivity index (χ4v) is 2.75. The molecule has 0 radical (unpaired) electrons. The summed E-state index contributed by atoms with van der Waals surface area (Å²) in [7, 11) is 0. The van der Waals surface area contributed by atoms with Crippen molar-refractivity contribution in [1.29, 1.82) is 0 Å². The maximum Gasteiger partial charge on any atom is 0.253 e. The van der Waals surface area contributed by atoms with Crippen LogP contribution in [0, 0.1) is 5.92 Å². The van der Waals surface area contributed by atoms with Crippen LogP contribution in [0.1, 0.15) is 49.9 Å². The second kappa shape index (κ2) is 6.55. The maximum atomic E-state index is 12.3. The zero-order chi connectivity index (χ0) is 13.7. The third-order valence-electron chi connectivity index (χ3n) is 3.70. The molecule has 19 heavy (non-hydrogen) atoms. The van der Waals surface area contributed by atoms with Crippen molar-refractivity contribution >= 4 is 11.6 Å². The van der Waals surface area contributed by atoms with Gasteiger partial charge in [-0.05, 0) is 31.7 Å². The molecule has 0 saturated heterocycles. The minimum absolute atomic E-state index is 0.0115.